The van der Waals surface area contributed by atoms with Crippen molar-refractivity contribution in [3.05, 3.63) is 52.3 Å². The molecule has 0 atom stereocenters. The summed E-state index contributed by atoms with van der Waals surface area (Å²) >= 11 is 3.27. The maximum Gasteiger partial charge on any atom is 0.286 e. The largest absolute Gasteiger partial charge is 0.345 e. The fourth-order valence-electron chi connectivity index (χ4n) is 2.22. The van der Waals surface area contributed by atoms with Crippen LogP contribution >= 0.6 is 15.9 Å². The molecule has 26 heavy (non-hydrogen) atoms. The van der Waals surface area contributed by atoms with Crippen molar-refractivity contribution in [2.45, 2.75) is 13.3 Å². The number of rotatable bonds is 6. The van der Waals surface area contributed by atoms with E-state index in [1.165, 1.54) is 12.1 Å². The molecule has 0 bridgehead atoms. The second-order valence-electron chi connectivity index (χ2n) is 5.56. The Morgan fingerprint density at radius 3 is 2.46 bits per heavy atom. The van der Waals surface area contributed by atoms with Crippen LogP contribution in [0.2, 0.25) is 0 Å². The number of hydrogen-bond donors (Lipinski definition) is 3. The average molecular weight is 443 g/mol. The summed E-state index contributed by atoms with van der Waals surface area (Å²) < 4.78 is 28.4. The van der Waals surface area contributed by atoms with Crippen molar-refractivity contribution >= 4 is 43.5 Å². The molecule has 1 aromatic carbocycles. The number of benzene rings is 1. The summed E-state index contributed by atoms with van der Waals surface area (Å²) in [6, 6.07) is 7.62. The maximum absolute atomic E-state index is 12.2. The second-order valence-corrected chi connectivity index (χ2v) is 8.32. The lowest BCUT2D eigenvalue weighted by atomic mass is 10.2. The molecule has 0 unspecified atom stereocenters. The Labute approximate surface area is 160 Å². The molecule has 2 rings (SSSR count). The molecular weight excluding hydrogens is 424 g/mol. The van der Waals surface area contributed by atoms with Gasteiger partial charge < -0.3 is 4.57 Å². The number of anilines is 1. The summed E-state index contributed by atoms with van der Waals surface area (Å²) in [6.07, 6.45) is 2.19. The van der Waals surface area contributed by atoms with Crippen molar-refractivity contribution in [2.75, 3.05) is 10.5 Å². The summed E-state index contributed by atoms with van der Waals surface area (Å²) in [6.45, 7) is 1.76. The summed E-state index contributed by atoms with van der Waals surface area (Å²) in [5.41, 5.74) is 5.47. The molecule has 2 amide bonds. The third-order valence-electron chi connectivity index (χ3n) is 3.36. The first kappa shape index (κ1) is 20.0. The normalized spacial score (nSPS) is 11.0. The van der Waals surface area contributed by atoms with Gasteiger partial charge in [-0.05, 0) is 46.6 Å². The predicted octanol–water partition coefficient (Wildman–Crippen LogP) is 2.01. The van der Waals surface area contributed by atoms with E-state index in [4.69, 9.17) is 0 Å². The molecule has 0 aliphatic carbocycles. The molecule has 0 aliphatic rings. The van der Waals surface area contributed by atoms with Crippen LogP contribution in [0.5, 0.6) is 0 Å². The lowest BCUT2D eigenvalue weighted by Gasteiger charge is -2.10. The van der Waals surface area contributed by atoms with Gasteiger partial charge in [-0.15, -0.1) is 0 Å². The Bertz CT molecular complexity index is 924. The number of nitrogens with zero attached hydrogens (tertiary/aromatic N) is 1. The fourth-order valence-corrected chi connectivity index (χ4v) is 3.87. The van der Waals surface area contributed by atoms with Crippen LogP contribution in [0.3, 0.4) is 0 Å². The summed E-state index contributed by atoms with van der Waals surface area (Å²) in [7, 11) is -1.75. The van der Waals surface area contributed by atoms with Crippen molar-refractivity contribution in [1.82, 2.24) is 15.4 Å². The van der Waals surface area contributed by atoms with Gasteiger partial charge in [-0.1, -0.05) is 13.0 Å². The molecular formula is C16H19BrN4O4S. The lowest BCUT2D eigenvalue weighted by Crippen LogP contribution is -2.42. The van der Waals surface area contributed by atoms with Gasteiger partial charge in [0.1, 0.15) is 5.69 Å². The number of carbonyl (C=O) groups is 2. The van der Waals surface area contributed by atoms with Crippen molar-refractivity contribution < 1.29 is 18.0 Å². The zero-order valence-corrected chi connectivity index (χ0v) is 16.6. The topological polar surface area (TPSA) is 109 Å². The second kappa shape index (κ2) is 8.37. The SMILES string of the molecule is CCCS(=O)(=O)Nc1cccc(C(=O)NNC(=O)c2cc(Br)cn2C)c1. The maximum atomic E-state index is 12.2. The van der Waals surface area contributed by atoms with Crippen molar-refractivity contribution in [3.63, 3.8) is 0 Å². The summed E-state index contributed by atoms with van der Waals surface area (Å²) in [5, 5.41) is 0. The molecule has 3 N–H and O–H groups in total. The zero-order valence-electron chi connectivity index (χ0n) is 14.2. The number of nitrogens with one attached hydrogen (secondary N) is 3. The Balaban J connectivity index is 2.02. The molecule has 1 heterocycles. The van der Waals surface area contributed by atoms with Crippen molar-refractivity contribution in [2.24, 2.45) is 7.05 Å². The van der Waals surface area contributed by atoms with E-state index in [2.05, 4.69) is 31.5 Å². The van der Waals surface area contributed by atoms with Crippen LogP contribution in [-0.2, 0) is 17.1 Å². The number of hydrazine groups is 1. The van der Waals surface area contributed by atoms with E-state index in [-0.39, 0.29) is 17.0 Å². The number of halogens is 1. The quantitative estimate of drug-likeness (QED) is 0.594. The van der Waals surface area contributed by atoms with Gasteiger partial charge in [-0.2, -0.15) is 0 Å². The van der Waals surface area contributed by atoms with Crippen LogP contribution in [0, 0.1) is 0 Å². The van der Waals surface area contributed by atoms with Gasteiger partial charge in [0.25, 0.3) is 11.8 Å². The third kappa shape index (κ3) is 5.33. The molecule has 10 heteroatoms. The minimum Gasteiger partial charge on any atom is -0.345 e. The monoisotopic (exact) mass is 442 g/mol. The van der Waals surface area contributed by atoms with Crippen LogP contribution in [0.25, 0.3) is 0 Å². The van der Waals surface area contributed by atoms with Crippen molar-refractivity contribution in [3.8, 4) is 0 Å². The number of sulfonamides is 1. The first-order chi connectivity index (χ1) is 12.2. The fraction of sp³-hybridized carbons (Fsp3) is 0.250. The van der Waals surface area contributed by atoms with Crippen LogP contribution in [-0.4, -0.2) is 30.6 Å². The third-order valence-corrected chi connectivity index (χ3v) is 5.29. The van der Waals surface area contributed by atoms with E-state index in [0.29, 0.717) is 12.1 Å². The number of hydrogen-bond acceptors (Lipinski definition) is 4. The first-order valence-corrected chi connectivity index (χ1v) is 10.2. The van der Waals surface area contributed by atoms with Gasteiger partial charge in [0.05, 0.1) is 5.75 Å². The van der Waals surface area contributed by atoms with E-state index < -0.39 is 21.8 Å². The molecule has 0 radical (unpaired) electrons. The summed E-state index contributed by atoms with van der Waals surface area (Å²) in [5.74, 6) is -1.05. The Morgan fingerprint density at radius 2 is 1.85 bits per heavy atom. The molecule has 0 spiro atoms. The van der Waals surface area contributed by atoms with Crippen LogP contribution < -0.4 is 15.6 Å². The predicted molar refractivity (Wildman–Crippen MR) is 102 cm³/mol. The Kier molecular flexibility index (Phi) is 6.43. The standard InChI is InChI=1S/C16H19BrN4O4S/c1-3-7-26(24,25)20-13-6-4-5-11(8-13)15(22)18-19-16(23)14-9-12(17)10-21(14)2/h4-6,8-10,20H,3,7H2,1-2H3,(H,18,22)(H,19,23). The molecule has 140 valence electrons. The number of aromatic nitrogens is 1. The number of aryl methyl sites for hydroxylation is 1. The molecule has 0 fully saturated rings. The zero-order chi connectivity index (χ0) is 19.3. The highest BCUT2D eigenvalue weighted by atomic mass is 79.9. The van der Waals surface area contributed by atoms with E-state index in [0.717, 1.165) is 4.47 Å². The van der Waals surface area contributed by atoms with Gasteiger partial charge in [0.2, 0.25) is 10.0 Å². The van der Waals surface area contributed by atoms with E-state index >= 15 is 0 Å². The smallest absolute Gasteiger partial charge is 0.286 e. The van der Waals surface area contributed by atoms with Gasteiger partial charge >= 0.3 is 0 Å². The van der Waals surface area contributed by atoms with Crippen LogP contribution in [0.4, 0.5) is 5.69 Å². The van der Waals surface area contributed by atoms with Gasteiger partial charge in [-0.3, -0.25) is 25.2 Å². The highest BCUT2D eigenvalue weighted by Crippen LogP contribution is 2.14. The lowest BCUT2D eigenvalue weighted by molar-refractivity contribution is 0.0842. The Hall–Kier alpha value is -2.33. The molecule has 2 aromatic rings. The summed E-state index contributed by atoms with van der Waals surface area (Å²) in [4.78, 5) is 24.3. The number of carbonyl (C=O) groups excluding carboxylic acids is 2. The molecule has 0 saturated carbocycles. The molecule has 0 aliphatic heterocycles. The minimum atomic E-state index is -3.45. The molecule has 0 saturated heterocycles. The number of amides is 2. The van der Waals surface area contributed by atoms with Crippen LogP contribution in [0.15, 0.2) is 41.0 Å². The van der Waals surface area contributed by atoms with Crippen LogP contribution in [0.1, 0.15) is 34.2 Å². The van der Waals surface area contributed by atoms with Gasteiger partial charge in [-0.25, -0.2) is 8.42 Å². The molecule has 1 aromatic heterocycles. The first-order valence-electron chi connectivity index (χ1n) is 7.75. The average Bonchev–Trinajstić information content (AvgIpc) is 2.90. The van der Waals surface area contributed by atoms with Gasteiger partial charge in [0, 0.05) is 29.0 Å². The molecule has 8 nitrogen and oxygen atoms in total. The van der Waals surface area contributed by atoms with E-state index in [1.807, 2.05) is 0 Å². The van der Waals surface area contributed by atoms with E-state index in [1.54, 1.807) is 42.9 Å². The highest BCUT2D eigenvalue weighted by molar-refractivity contribution is 9.10. The van der Waals surface area contributed by atoms with Crippen molar-refractivity contribution in [1.29, 1.82) is 0 Å². The Morgan fingerprint density at radius 1 is 1.15 bits per heavy atom. The van der Waals surface area contributed by atoms with E-state index in [9.17, 15) is 18.0 Å². The van der Waals surface area contributed by atoms with Gasteiger partial charge in [0.15, 0.2) is 0 Å². The highest BCUT2D eigenvalue weighted by Gasteiger charge is 2.14. The minimum absolute atomic E-state index is 0.00823.